The summed E-state index contributed by atoms with van der Waals surface area (Å²) >= 11 is 0. The Kier molecular flexibility index (Phi) is 6.26. The zero-order chi connectivity index (χ0) is 19.3. The van der Waals surface area contributed by atoms with Crippen molar-refractivity contribution in [3.63, 3.8) is 0 Å². The number of aromatic hydroxyl groups is 1. The molecule has 140 valence electrons. The van der Waals surface area contributed by atoms with Crippen LogP contribution in [0.25, 0.3) is 0 Å². The molecule has 0 fully saturated rings. The molecule has 0 saturated carbocycles. The maximum absolute atomic E-state index is 11.6. The second-order valence-corrected chi connectivity index (χ2v) is 7.86. The van der Waals surface area contributed by atoms with E-state index in [-0.39, 0.29) is 23.7 Å². The number of carbonyl (C=O) groups excluding carboxylic acids is 1. The summed E-state index contributed by atoms with van der Waals surface area (Å²) in [7, 11) is -3.35. The maximum Gasteiger partial charge on any atom is 0.229 e. The molecule has 0 aliphatic carbocycles. The summed E-state index contributed by atoms with van der Waals surface area (Å²) in [6.45, 7) is 3.59. The van der Waals surface area contributed by atoms with Crippen molar-refractivity contribution in [2.75, 3.05) is 11.0 Å². The summed E-state index contributed by atoms with van der Waals surface area (Å²) < 4.78 is 30.9. The number of anilines is 1. The highest BCUT2D eigenvalue weighted by atomic mass is 32.2. The van der Waals surface area contributed by atoms with Crippen LogP contribution in [0.5, 0.6) is 11.5 Å². The molecule has 26 heavy (non-hydrogen) atoms. The number of hydrogen-bond donors (Lipinski definition) is 2. The smallest absolute Gasteiger partial charge is 0.229 e. The van der Waals surface area contributed by atoms with E-state index in [9.17, 15) is 18.3 Å². The number of benzene rings is 2. The lowest BCUT2D eigenvalue weighted by atomic mass is 10.0. The lowest BCUT2D eigenvalue weighted by Gasteiger charge is -2.15. The first kappa shape index (κ1) is 19.8. The Labute approximate surface area is 153 Å². The van der Waals surface area contributed by atoms with Crippen molar-refractivity contribution in [1.29, 1.82) is 0 Å². The van der Waals surface area contributed by atoms with Gasteiger partial charge in [-0.1, -0.05) is 25.5 Å². The Hall–Kier alpha value is -2.54. The number of Topliss-reactive ketones (excluding diaryl/α,β-unsaturated/α-hetero) is 1. The van der Waals surface area contributed by atoms with Gasteiger partial charge in [-0.25, -0.2) is 8.42 Å². The SMILES string of the molecule is CCCc1c(OCc2cccc(NS(C)(=O)=O)c2)ccc(C(C)=O)c1O. The van der Waals surface area contributed by atoms with Gasteiger partial charge in [-0.3, -0.25) is 9.52 Å². The Morgan fingerprint density at radius 1 is 1.23 bits per heavy atom. The Morgan fingerprint density at radius 2 is 1.96 bits per heavy atom. The molecule has 0 spiro atoms. The normalized spacial score (nSPS) is 11.2. The third-order valence-electron chi connectivity index (χ3n) is 3.74. The van der Waals surface area contributed by atoms with Gasteiger partial charge in [0.25, 0.3) is 0 Å². The minimum absolute atomic E-state index is 0.0376. The molecule has 6 nitrogen and oxygen atoms in total. The van der Waals surface area contributed by atoms with Crippen LogP contribution in [0.4, 0.5) is 5.69 Å². The Balaban J connectivity index is 2.23. The lowest BCUT2D eigenvalue weighted by molar-refractivity contribution is 0.101. The highest BCUT2D eigenvalue weighted by Gasteiger charge is 2.16. The predicted octanol–water partition coefficient (Wildman–Crippen LogP) is 3.50. The van der Waals surface area contributed by atoms with E-state index < -0.39 is 10.0 Å². The monoisotopic (exact) mass is 377 g/mol. The Bertz CT molecular complexity index is 906. The molecule has 0 radical (unpaired) electrons. The first-order valence-corrected chi connectivity index (χ1v) is 10.2. The van der Waals surface area contributed by atoms with Crippen LogP contribution < -0.4 is 9.46 Å². The van der Waals surface area contributed by atoms with Crippen LogP contribution in [0.1, 0.15) is 41.8 Å². The molecule has 0 atom stereocenters. The molecule has 2 rings (SSSR count). The first-order valence-electron chi connectivity index (χ1n) is 8.26. The molecule has 0 unspecified atom stereocenters. The zero-order valence-corrected chi connectivity index (χ0v) is 15.9. The van der Waals surface area contributed by atoms with E-state index in [1.807, 2.05) is 13.0 Å². The molecule has 0 saturated heterocycles. The van der Waals surface area contributed by atoms with Gasteiger partial charge in [-0.2, -0.15) is 0 Å². The maximum atomic E-state index is 11.6. The summed E-state index contributed by atoms with van der Waals surface area (Å²) in [4.78, 5) is 11.6. The molecule has 0 amide bonds. The van der Waals surface area contributed by atoms with Crippen molar-refractivity contribution in [2.24, 2.45) is 0 Å². The van der Waals surface area contributed by atoms with Crippen LogP contribution in [0.2, 0.25) is 0 Å². The van der Waals surface area contributed by atoms with Crippen molar-refractivity contribution >= 4 is 21.5 Å². The number of hydrogen-bond acceptors (Lipinski definition) is 5. The molecule has 2 aromatic carbocycles. The number of ether oxygens (including phenoxy) is 1. The fraction of sp³-hybridized carbons (Fsp3) is 0.316. The second kappa shape index (κ2) is 8.23. The van der Waals surface area contributed by atoms with E-state index in [0.717, 1.165) is 18.2 Å². The Morgan fingerprint density at radius 3 is 2.58 bits per heavy atom. The second-order valence-electron chi connectivity index (χ2n) is 6.11. The number of carbonyl (C=O) groups is 1. The van der Waals surface area contributed by atoms with Gasteiger partial charge in [0.15, 0.2) is 5.78 Å². The van der Waals surface area contributed by atoms with Crippen LogP contribution in [0.3, 0.4) is 0 Å². The molecule has 0 aromatic heterocycles. The minimum atomic E-state index is -3.35. The largest absolute Gasteiger partial charge is 0.507 e. The van der Waals surface area contributed by atoms with E-state index in [1.165, 1.54) is 6.92 Å². The number of nitrogens with one attached hydrogen (secondary N) is 1. The number of phenols is 1. The van der Waals surface area contributed by atoms with Crippen molar-refractivity contribution in [3.05, 3.63) is 53.1 Å². The van der Waals surface area contributed by atoms with E-state index in [0.29, 0.717) is 23.4 Å². The van der Waals surface area contributed by atoms with Crippen LogP contribution in [0, 0.1) is 0 Å². The minimum Gasteiger partial charge on any atom is -0.507 e. The molecule has 2 aromatic rings. The van der Waals surface area contributed by atoms with Gasteiger partial charge in [0.1, 0.15) is 18.1 Å². The van der Waals surface area contributed by atoms with Gasteiger partial charge in [-0.05, 0) is 43.2 Å². The van der Waals surface area contributed by atoms with Gasteiger partial charge < -0.3 is 9.84 Å². The quantitative estimate of drug-likeness (QED) is 0.687. The molecule has 2 N–H and O–H groups in total. The van der Waals surface area contributed by atoms with Crippen molar-refractivity contribution in [2.45, 2.75) is 33.3 Å². The van der Waals surface area contributed by atoms with Crippen molar-refractivity contribution in [1.82, 2.24) is 0 Å². The van der Waals surface area contributed by atoms with E-state index >= 15 is 0 Å². The molecule has 0 aliphatic heterocycles. The van der Waals surface area contributed by atoms with E-state index in [4.69, 9.17) is 4.74 Å². The molecule has 0 bridgehead atoms. The summed E-state index contributed by atoms with van der Waals surface area (Å²) in [6, 6.07) is 10.1. The number of sulfonamides is 1. The van der Waals surface area contributed by atoms with Gasteiger partial charge >= 0.3 is 0 Å². The molecular weight excluding hydrogens is 354 g/mol. The molecule has 0 heterocycles. The van der Waals surface area contributed by atoms with E-state index in [2.05, 4.69) is 4.72 Å². The van der Waals surface area contributed by atoms with Crippen LogP contribution in [0.15, 0.2) is 36.4 Å². The summed E-state index contributed by atoms with van der Waals surface area (Å²) in [6.07, 6.45) is 2.46. The topological polar surface area (TPSA) is 92.7 Å². The highest BCUT2D eigenvalue weighted by Crippen LogP contribution is 2.33. The molecule has 0 aliphatic rings. The van der Waals surface area contributed by atoms with Crippen LogP contribution in [-0.2, 0) is 23.1 Å². The average Bonchev–Trinajstić information content (AvgIpc) is 2.54. The summed E-state index contributed by atoms with van der Waals surface area (Å²) in [5.41, 5.74) is 2.11. The lowest BCUT2D eigenvalue weighted by Crippen LogP contribution is -2.10. The standard InChI is InChI=1S/C19H23NO5S/c1-4-6-17-18(10-9-16(13(2)21)19(17)22)25-12-14-7-5-8-15(11-14)20-26(3,23)24/h5,7-11,20,22H,4,6,12H2,1-3H3. The predicted molar refractivity (Wildman–Crippen MR) is 101 cm³/mol. The van der Waals surface area contributed by atoms with Gasteiger partial charge in [0.05, 0.1) is 11.8 Å². The van der Waals surface area contributed by atoms with Crippen LogP contribution in [-0.4, -0.2) is 25.6 Å². The molecule has 7 heteroatoms. The number of rotatable bonds is 8. The van der Waals surface area contributed by atoms with Gasteiger partial charge in [0.2, 0.25) is 10.0 Å². The average molecular weight is 377 g/mol. The third-order valence-corrected chi connectivity index (χ3v) is 4.35. The molecular formula is C19H23NO5S. The third kappa shape index (κ3) is 5.23. The zero-order valence-electron chi connectivity index (χ0n) is 15.1. The first-order chi connectivity index (χ1) is 12.2. The van der Waals surface area contributed by atoms with E-state index in [1.54, 1.807) is 30.3 Å². The van der Waals surface area contributed by atoms with Gasteiger partial charge in [0, 0.05) is 11.3 Å². The van der Waals surface area contributed by atoms with Gasteiger partial charge in [-0.15, -0.1) is 0 Å². The number of ketones is 1. The fourth-order valence-corrected chi connectivity index (χ4v) is 3.18. The van der Waals surface area contributed by atoms with Crippen molar-refractivity contribution < 1.29 is 23.1 Å². The number of phenolic OH excluding ortho intramolecular Hbond substituents is 1. The summed E-state index contributed by atoms with van der Waals surface area (Å²) in [5, 5.41) is 10.4. The van der Waals surface area contributed by atoms with Crippen LogP contribution >= 0.6 is 0 Å². The summed E-state index contributed by atoms with van der Waals surface area (Å²) in [5.74, 6) is 0.270. The fourth-order valence-electron chi connectivity index (χ4n) is 2.63. The highest BCUT2D eigenvalue weighted by molar-refractivity contribution is 7.92. The van der Waals surface area contributed by atoms with Crippen molar-refractivity contribution in [3.8, 4) is 11.5 Å².